The number of aliphatic imine (C=N–C) groups is 1. The lowest BCUT2D eigenvalue weighted by Gasteiger charge is -2.39. The van der Waals surface area contributed by atoms with Gasteiger partial charge < -0.3 is 14.8 Å². The zero-order valence-corrected chi connectivity index (χ0v) is 16.1. The topological polar surface area (TPSA) is 58.3 Å². The van der Waals surface area contributed by atoms with Crippen LogP contribution in [0, 0.1) is 12.8 Å². The third-order valence-corrected chi connectivity index (χ3v) is 5.24. The third-order valence-electron chi connectivity index (χ3n) is 5.24. The number of pyridine rings is 1. The summed E-state index contributed by atoms with van der Waals surface area (Å²) in [5, 5.41) is 3.47. The highest BCUT2D eigenvalue weighted by atomic mass is 15.3. The smallest absolute Gasteiger partial charge is 0.193 e. The van der Waals surface area contributed by atoms with Crippen LogP contribution in [0.5, 0.6) is 0 Å². The van der Waals surface area contributed by atoms with E-state index in [0.29, 0.717) is 12.0 Å². The molecule has 3 heterocycles. The van der Waals surface area contributed by atoms with Gasteiger partial charge in [0.15, 0.2) is 5.96 Å². The highest BCUT2D eigenvalue weighted by Gasteiger charge is 2.28. The molecule has 3 rings (SSSR count). The van der Waals surface area contributed by atoms with Crippen molar-refractivity contribution in [2.45, 2.75) is 39.7 Å². The molecule has 1 aliphatic rings. The predicted molar refractivity (Wildman–Crippen MR) is 105 cm³/mol. The van der Waals surface area contributed by atoms with E-state index in [-0.39, 0.29) is 0 Å². The van der Waals surface area contributed by atoms with Crippen LogP contribution >= 0.6 is 0 Å². The van der Waals surface area contributed by atoms with Gasteiger partial charge in [-0.05, 0) is 49.8 Å². The zero-order valence-electron chi connectivity index (χ0n) is 16.1. The minimum atomic E-state index is 0.442. The van der Waals surface area contributed by atoms with Crippen LogP contribution in [0.3, 0.4) is 0 Å². The first-order valence-corrected chi connectivity index (χ1v) is 9.59. The zero-order chi connectivity index (χ0) is 18.4. The second-order valence-electron chi connectivity index (χ2n) is 7.08. The van der Waals surface area contributed by atoms with Crippen LogP contribution in [0.4, 0.5) is 0 Å². The van der Waals surface area contributed by atoms with Crippen LogP contribution in [-0.2, 0) is 6.42 Å². The predicted octanol–water partition coefficient (Wildman–Crippen LogP) is 2.68. The normalized spacial score (nSPS) is 21.0. The average Bonchev–Trinajstić information content (AvgIpc) is 3.17. The Morgan fingerprint density at radius 1 is 1.35 bits per heavy atom. The first-order valence-electron chi connectivity index (χ1n) is 9.59. The van der Waals surface area contributed by atoms with Crippen LogP contribution in [0.15, 0.2) is 42.2 Å². The molecule has 0 aliphatic carbocycles. The van der Waals surface area contributed by atoms with Crippen molar-refractivity contribution >= 4 is 5.96 Å². The van der Waals surface area contributed by atoms with E-state index in [1.54, 1.807) is 0 Å². The van der Waals surface area contributed by atoms with Crippen molar-refractivity contribution in [3.8, 4) is 0 Å². The fourth-order valence-corrected chi connectivity index (χ4v) is 3.59. The van der Waals surface area contributed by atoms with Gasteiger partial charge in [0.05, 0.1) is 12.4 Å². The average molecular weight is 355 g/mol. The highest BCUT2D eigenvalue weighted by molar-refractivity contribution is 5.80. The van der Waals surface area contributed by atoms with Gasteiger partial charge >= 0.3 is 0 Å². The Morgan fingerprint density at radius 3 is 2.96 bits per heavy atom. The van der Waals surface area contributed by atoms with Gasteiger partial charge in [0.1, 0.15) is 0 Å². The van der Waals surface area contributed by atoms with Gasteiger partial charge in [0.2, 0.25) is 0 Å². The molecule has 6 nitrogen and oxygen atoms in total. The Balaban J connectivity index is 1.67. The molecule has 6 heteroatoms. The van der Waals surface area contributed by atoms with E-state index in [1.165, 1.54) is 11.1 Å². The molecule has 1 fully saturated rings. The number of piperidine rings is 1. The van der Waals surface area contributed by atoms with Crippen LogP contribution in [-0.4, -0.2) is 51.6 Å². The Kier molecular flexibility index (Phi) is 6.26. The summed E-state index contributed by atoms with van der Waals surface area (Å²) in [4.78, 5) is 15.7. The molecule has 0 spiro atoms. The molecular weight excluding hydrogens is 324 g/mol. The maximum Gasteiger partial charge on any atom is 0.193 e. The summed E-state index contributed by atoms with van der Waals surface area (Å²) in [6, 6.07) is 2.53. The first kappa shape index (κ1) is 18.4. The molecule has 0 saturated carbocycles. The van der Waals surface area contributed by atoms with E-state index in [2.05, 4.69) is 57.8 Å². The van der Waals surface area contributed by atoms with E-state index in [1.807, 2.05) is 24.9 Å². The molecule has 2 unspecified atom stereocenters. The van der Waals surface area contributed by atoms with Crippen molar-refractivity contribution in [3.05, 3.63) is 48.3 Å². The summed E-state index contributed by atoms with van der Waals surface area (Å²) < 4.78 is 2.24. The number of aromatic nitrogens is 3. The molecule has 0 bridgehead atoms. The largest absolute Gasteiger partial charge is 0.357 e. The molecule has 1 saturated heterocycles. The van der Waals surface area contributed by atoms with E-state index in [0.717, 1.165) is 45.0 Å². The van der Waals surface area contributed by atoms with Crippen molar-refractivity contribution in [2.24, 2.45) is 10.9 Å². The van der Waals surface area contributed by atoms with Crippen molar-refractivity contribution in [2.75, 3.05) is 26.2 Å². The van der Waals surface area contributed by atoms with Crippen LogP contribution in [0.25, 0.3) is 0 Å². The fourth-order valence-electron chi connectivity index (χ4n) is 3.59. The summed E-state index contributed by atoms with van der Waals surface area (Å²) >= 11 is 0. The van der Waals surface area contributed by atoms with E-state index < -0.39 is 0 Å². The molecule has 0 amide bonds. The number of likely N-dealkylation sites (tertiary alicyclic amines) is 1. The lowest BCUT2D eigenvalue weighted by atomic mass is 9.93. The summed E-state index contributed by atoms with van der Waals surface area (Å²) in [7, 11) is 0. The number of hydrogen-bond acceptors (Lipinski definition) is 3. The van der Waals surface area contributed by atoms with Crippen molar-refractivity contribution in [1.29, 1.82) is 0 Å². The number of aryl methyl sites for hydroxylation is 1. The van der Waals surface area contributed by atoms with Gasteiger partial charge in [-0.2, -0.15) is 0 Å². The number of hydrogen-bond donors (Lipinski definition) is 1. The van der Waals surface area contributed by atoms with E-state index in [4.69, 9.17) is 4.99 Å². The maximum atomic E-state index is 4.90. The molecule has 26 heavy (non-hydrogen) atoms. The van der Waals surface area contributed by atoms with E-state index in [9.17, 15) is 0 Å². The van der Waals surface area contributed by atoms with E-state index >= 15 is 0 Å². The molecule has 1 N–H and O–H groups in total. The second kappa shape index (κ2) is 8.83. The van der Waals surface area contributed by atoms with Gasteiger partial charge in [-0.15, -0.1) is 0 Å². The summed E-state index contributed by atoms with van der Waals surface area (Å²) in [6.07, 6.45) is 11.8. The third kappa shape index (κ3) is 4.42. The van der Waals surface area contributed by atoms with Gasteiger partial charge in [-0.1, -0.05) is 6.92 Å². The summed E-state index contributed by atoms with van der Waals surface area (Å²) in [5.41, 5.74) is 2.56. The van der Waals surface area contributed by atoms with Gasteiger partial charge in [0, 0.05) is 51.0 Å². The fraction of sp³-hybridized carbons (Fsp3) is 0.550. The van der Waals surface area contributed by atoms with Gasteiger partial charge in [0.25, 0.3) is 0 Å². The Hall–Kier alpha value is -2.37. The quantitative estimate of drug-likeness (QED) is 0.662. The number of imidazole rings is 1. The molecular formula is C20H30N6. The molecule has 2 aromatic rings. The number of nitrogens with zero attached hydrogens (tertiary/aromatic N) is 5. The monoisotopic (exact) mass is 354 g/mol. The molecule has 140 valence electrons. The molecule has 1 aliphatic heterocycles. The van der Waals surface area contributed by atoms with Gasteiger partial charge in [-0.3, -0.25) is 9.98 Å². The van der Waals surface area contributed by atoms with Crippen LogP contribution in [0.2, 0.25) is 0 Å². The summed E-state index contributed by atoms with van der Waals surface area (Å²) in [6.45, 7) is 10.3. The SMILES string of the molecule is CCNC(=NCCc1ccncc1C)N1CCC(C)C(n2ccnc2)C1. The minimum absolute atomic E-state index is 0.442. The standard InChI is InChI=1S/C20H30N6/c1-4-23-20(24-9-6-18-5-8-21-13-17(18)3)25-11-7-16(2)19(14-25)26-12-10-22-15-26/h5,8,10,12-13,15-16,19H,4,6-7,9,11,14H2,1-3H3,(H,23,24). The molecule has 2 aromatic heterocycles. The van der Waals surface area contributed by atoms with Crippen molar-refractivity contribution < 1.29 is 0 Å². The van der Waals surface area contributed by atoms with Crippen molar-refractivity contribution in [3.63, 3.8) is 0 Å². The second-order valence-corrected chi connectivity index (χ2v) is 7.08. The lowest BCUT2D eigenvalue weighted by molar-refractivity contribution is 0.189. The van der Waals surface area contributed by atoms with Gasteiger partial charge in [-0.25, -0.2) is 4.98 Å². The molecule has 2 atom stereocenters. The van der Waals surface area contributed by atoms with Crippen LogP contribution < -0.4 is 5.32 Å². The number of guanidine groups is 1. The molecule has 0 aromatic carbocycles. The first-order chi connectivity index (χ1) is 12.7. The number of rotatable bonds is 5. The van der Waals surface area contributed by atoms with Crippen LogP contribution in [0.1, 0.15) is 37.4 Å². The number of nitrogens with one attached hydrogen (secondary N) is 1. The Bertz CT molecular complexity index is 709. The Labute approximate surface area is 156 Å². The highest BCUT2D eigenvalue weighted by Crippen LogP contribution is 2.27. The molecule has 0 radical (unpaired) electrons. The minimum Gasteiger partial charge on any atom is -0.357 e. The summed E-state index contributed by atoms with van der Waals surface area (Å²) in [5.74, 6) is 1.67. The maximum absolute atomic E-state index is 4.90. The van der Waals surface area contributed by atoms with Crippen molar-refractivity contribution in [1.82, 2.24) is 24.8 Å². The lowest BCUT2D eigenvalue weighted by Crippen LogP contribution is -2.49. The Morgan fingerprint density at radius 2 is 2.23 bits per heavy atom.